The number of carbonyl (C=O) groups excluding carboxylic acids is 1. The molecule has 0 radical (unpaired) electrons. The number of aliphatic carboxylic acids is 1. The average molecular weight is 443 g/mol. The van der Waals surface area contributed by atoms with Crippen molar-refractivity contribution in [3.05, 3.63) is 0 Å². The Bertz CT molecular complexity index is 420. The number of ether oxygens (including phenoxy) is 2. The van der Waals surface area contributed by atoms with E-state index < -0.39 is 32.5 Å². The minimum Gasteiger partial charge on any atom is -0.756 e. The maximum Gasteiger partial charge on any atom is 1.00 e. The van der Waals surface area contributed by atoms with Gasteiger partial charge in [-0.15, -0.1) is 0 Å². The summed E-state index contributed by atoms with van der Waals surface area (Å²) in [6, 6.07) is -1.55. The van der Waals surface area contributed by atoms with Crippen LogP contribution in [0, 0.1) is 0 Å². The summed E-state index contributed by atoms with van der Waals surface area (Å²) >= 11 is 0. The molecular formula is C16H32NNa2O8P. The van der Waals surface area contributed by atoms with E-state index >= 15 is 0 Å². The van der Waals surface area contributed by atoms with E-state index in [4.69, 9.17) is 19.7 Å². The summed E-state index contributed by atoms with van der Waals surface area (Å²) in [6.45, 7) is 4.37. The maximum absolute atomic E-state index is 11.7. The summed E-state index contributed by atoms with van der Waals surface area (Å²) in [5.74, 6) is -1.61. The zero-order chi connectivity index (χ0) is 19.8. The SMILES string of the molecule is CCCCCOC[C@H](COP(=O)([O-])OC[C@H](N)C(=O)[O-])OCCCCC.[Na+].[Na+]. The molecule has 0 saturated carbocycles. The van der Waals surface area contributed by atoms with E-state index in [1.54, 1.807) is 0 Å². The first kappa shape index (κ1) is 34.1. The third kappa shape index (κ3) is 20.7. The molecule has 28 heavy (non-hydrogen) atoms. The van der Waals surface area contributed by atoms with Gasteiger partial charge in [0.2, 0.25) is 0 Å². The predicted molar refractivity (Wildman–Crippen MR) is 92.1 cm³/mol. The topological polar surface area (TPSA) is 143 Å². The van der Waals surface area contributed by atoms with Crippen molar-refractivity contribution in [2.45, 2.75) is 64.5 Å². The largest absolute Gasteiger partial charge is 1.00 e. The first-order chi connectivity index (χ1) is 12.3. The van der Waals surface area contributed by atoms with Gasteiger partial charge >= 0.3 is 59.1 Å². The number of hydrogen-bond donors (Lipinski definition) is 1. The summed E-state index contributed by atoms with van der Waals surface area (Å²) in [5, 5.41) is 10.5. The number of carbonyl (C=O) groups is 1. The Balaban J connectivity index is -0.00000312. The summed E-state index contributed by atoms with van der Waals surface area (Å²) < 4.78 is 32.0. The Morgan fingerprint density at radius 2 is 1.50 bits per heavy atom. The van der Waals surface area contributed by atoms with Crippen LogP contribution in [-0.2, 0) is 27.9 Å². The molecule has 0 saturated heterocycles. The first-order valence-corrected chi connectivity index (χ1v) is 10.5. The van der Waals surface area contributed by atoms with Crippen molar-refractivity contribution in [2.75, 3.05) is 33.0 Å². The molecule has 156 valence electrons. The Kier molecular flexibility index (Phi) is 26.4. The van der Waals surface area contributed by atoms with Gasteiger partial charge in [0.25, 0.3) is 7.82 Å². The Labute approximate surface area is 212 Å². The molecule has 0 amide bonds. The number of phosphoric ester groups is 1. The number of unbranched alkanes of at least 4 members (excludes halogenated alkanes) is 4. The molecule has 0 bridgehead atoms. The van der Waals surface area contributed by atoms with E-state index in [2.05, 4.69) is 18.4 Å². The number of carboxylic acids is 1. The molecule has 9 nitrogen and oxygen atoms in total. The van der Waals surface area contributed by atoms with Crippen LogP contribution in [0.15, 0.2) is 0 Å². The molecular weight excluding hydrogens is 411 g/mol. The monoisotopic (exact) mass is 443 g/mol. The van der Waals surface area contributed by atoms with Crippen LogP contribution in [0.25, 0.3) is 0 Å². The predicted octanol–water partition coefficient (Wildman–Crippen LogP) is -5.64. The molecule has 12 heteroatoms. The average Bonchev–Trinajstić information content (AvgIpc) is 2.60. The summed E-state index contributed by atoms with van der Waals surface area (Å²) in [6.07, 6.45) is 5.40. The van der Waals surface area contributed by atoms with Crippen LogP contribution >= 0.6 is 7.82 Å². The van der Waals surface area contributed by atoms with Crippen molar-refractivity contribution < 1.29 is 97.0 Å². The molecule has 0 aliphatic carbocycles. The third-order valence-electron chi connectivity index (χ3n) is 3.43. The minimum absolute atomic E-state index is 0. The molecule has 0 aromatic rings. The molecule has 2 N–H and O–H groups in total. The Morgan fingerprint density at radius 3 is 2.04 bits per heavy atom. The van der Waals surface area contributed by atoms with Crippen molar-refractivity contribution in [3.63, 3.8) is 0 Å². The molecule has 0 aromatic heterocycles. The summed E-state index contributed by atoms with van der Waals surface area (Å²) in [5.41, 5.74) is 5.13. The molecule has 0 heterocycles. The van der Waals surface area contributed by atoms with Crippen molar-refractivity contribution in [1.82, 2.24) is 0 Å². The van der Waals surface area contributed by atoms with E-state index in [1.807, 2.05) is 0 Å². The van der Waals surface area contributed by atoms with E-state index in [0.717, 1.165) is 38.5 Å². The van der Waals surface area contributed by atoms with Crippen LogP contribution in [0.3, 0.4) is 0 Å². The number of rotatable bonds is 18. The van der Waals surface area contributed by atoms with Crippen LogP contribution in [0.5, 0.6) is 0 Å². The van der Waals surface area contributed by atoms with Gasteiger partial charge in [0.1, 0.15) is 6.10 Å². The first-order valence-electron chi connectivity index (χ1n) is 9.08. The second-order valence-electron chi connectivity index (χ2n) is 5.95. The molecule has 0 fully saturated rings. The molecule has 0 rings (SSSR count). The third-order valence-corrected chi connectivity index (χ3v) is 4.36. The standard InChI is InChI=1S/C16H34NO8P.2Na/c1-3-5-7-9-22-11-14(23-10-8-6-4-2)12-24-26(20,21)25-13-15(17)16(18)19;;/h14-15H,3-13,17H2,1-2H3,(H,18,19)(H,20,21);;/q;2*+1/p-2/t14-,15+;;/m1../s1. The van der Waals surface area contributed by atoms with Crippen molar-refractivity contribution >= 4 is 13.8 Å². The van der Waals surface area contributed by atoms with Gasteiger partial charge in [-0.1, -0.05) is 39.5 Å². The van der Waals surface area contributed by atoms with Crippen molar-refractivity contribution in [1.29, 1.82) is 0 Å². The second kappa shape index (κ2) is 21.7. The quantitative estimate of drug-likeness (QED) is 0.125. The van der Waals surface area contributed by atoms with Gasteiger partial charge in [-0.3, -0.25) is 4.57 Å². The number of nitrogens with two attached hydrogens (primary N) is 1. The van der Waals surface area contributed by atoms with E-state index in [0.29, 0.717) is 13.2 Å². The van der Waals surface area contributed by atoms with Crippen molar-refractivity contribution in [3.8, 4) is 0 Å². The van der Waals surface area contributed by atoms with Gasteiger partial charge in [-0.25, -0.2) is 0 Å². The normalized spacial score (nSPS) is 15.0. The molecule has 0 spiro atoms. The Morgan fingerprint density at radius 1 is 0.964 bits per heavy atom. The molecule has 0 aromatic carbocycles. The zero-order valence-corrected chi connectivity index (χ0v) is 22.6. The van der Waals surface area contributed by atoms with Crippen LogP contribution in [-0.4, -0.2) is 51.1 Å². The van der Waals surface area contributed by atoms with Crippen LogP contribution < -0.4 is 74.8 Å². The molecule has 3 atom stereocenters. The van der Waals surface area contributed by atoms with Gasteiger partial charge < -0.3 is 39.0 Å². The summed E-state index contributed by atoms with van der Waals surface area (Å²) in [4.78, 5) is 22.1. The fourth-order valence-corrected chi connectivity index (χ4v) is 2.63. The number of carboxylic acid groups (broad SMARTS) is 1. The second-order valence-corrected chi connectivity index (χ2v) is 7.36. The Hall–Kier alpha value is 1.46. The molecule has 0 aliphatic rings. The van der Waals surface area contributed by atoms with E-state index in [9.17, 15) is 19.4 Å². The van der Waals surface area contributed by atoms with E-state index in [-0.39, 0.29) is 72.3 Å². The number of phosphoric acid groups is 1. The number of hydrogen-bond acceptors (Lipinski definition) is 9. The zero-order valence-electron chi connectivity index (χ0n) is 17.7. The maximum atomic E-state index is 11.7. The summed E-state index contributed by atoms with van der Waals surface area (Å²) in [7, 11) is -4.69. The van der Waals surface area contributed by atoms with Gasteiger partial charge in [0, 0.05) is 13.2 Å². The van der Waals surface area contributed by atoms with Gasteiger partial charge in [0.05, 0.1) is 31.8 Å². The smallest absolute Gasteiger partial charge is 0.756 e. The fourth-order valence-electron chi connectivity index (χ4n) is 1.87. The van der Waals surface area contributed by atoms with Crippen LogP contribution in [0.4, 0.5) is 0 Å². The minimum atomic E-state index is -4.69. The molecule has 1 unspecified atom stereocenters. The van der Waals surface area contributed by atoms with Crippen molar-refractivity contribution in [2.24, 2.45) is 5.73 Å². The fraction of sp³-hybridized carbons (Fsp3) is 0.938. The van der Waals surface area contributed by atoms with Crippen LogP contribution in [0.1, 0.15) is 52.4 Å². The van der Waals surface area contributed by atoms with Gasteiger partial charge in [0.15, 0.2) is 0 Å². The van der Waals surface area contributed by atoms with Gasteiger partial charge in [-0.05, 0) is 12.8 Å². The molecule has 0 aliphatic heterocycles. The van der Waals surface area contributed by atoms with Gasteiger partial charge in [-0.2, -0.15) is 0 Å². The van der Waals surface area contributed by atoms with Crippen LogP contribution in [0.2, 0.25) is 0 Å². The van der Waals surface area contributed by atoms with E-state index in [1.165, 1.54) is 0 Å².